The Morgan fingerprint density at radius 2 is 1.71 bits per heavy atom. The minimum Gasteiger partial charge on any atom is -0.490 e. The van der Waals surface area contributed by atoms with Crippen molar-refractivity contribution in [3.05, 3.63) is 62.7 Å². The van der Waals surface area contributed by atoms with Crippen LogP contribution in [0.3, 0.4) is 0 Å². The van der Waals surface area contributed by atoms with Gasteiger partial charge < -0.3 is 4.74 Å². The Hall–Kier alpha value is -1.28. The van der Waals surface area contributed by atoms with Crippen LogP contribution in [0.25, 0.3) is 10.8 Å². The second-order valence-corrected chi connectivity index (χ2v) is 24.2. The number of allylic oxidation sites excluding steroid dienone is 1. The largest absolute Gasteiger partial charge is 0.490 e. The van der Waals surface area contributed by atoms with Crippen molar-refractivity contribution in [1.82, 2.24) is 0 Å². The van der Waals surface area contributed by atoms with Crippen molar-refractivity contribution >= 4 is 60.4 Å². The van der Waals surface area contributed by atoms with E-state index < -0.39 is 16.1 Å². The Balaban J connectivity index is 2.01. The standard InChI is InChI=1S/C29H40OS2Si2/c1-12-13-30-25-23(14-18(2)15-24(25)34(10,11)29(5,6)7)33(8,9)28-26-21(16-19(3)31-26)22-17-20(4)32-27(22)28/h12,14-17,19H,1,13H2,2-11H3. The summed E-state index contributed by atoms with van der Waals surface area (Å²) in [7, 11) is -3.93. The molecule has 0 radical (unpaired) electrons. The van der Waals surface area contributed by atoms with Gasteiger partial charge in [-0.3, -0.25) is 0 Å². The monoisotopic (exact) mass is 524 g/mol. The Kier molecular flexibility index (Phi) is 6.59. The summed E-state index contributed by atoms with van der Waals surface area (Å²) in [4.78, 5) is 4.46. The van der Waals surface area contributed by atoms with Crippen molar-refractivity contribution in [1.29, 1.82) is 0 Å². The van der Waals surface area contributed by atoms with Crippen molar-refractivity contribution < 1.29 is 4.74 Å². The van der Waals surface area contributed by atoms with Crippen molar-refractivity contribution in [2.24, 2.45) is 0 Å². The molecule has 182 valence electrons. The lowest BCUT2D eigenvalue weighted by Gasteiger charge is -2.40. The minimum absolute atomic E-state index is 0.232. The first-order valence-corrected chi connectivity index (χ1v) is 20.0. The molecule has 4 rings (SSSR count). The molecule has 1 atom stereocenters. The second-order valence-electron chi connectivity index (χ2n) is 12.0. The van der Waals surface area contributed by atoms with Gasteiger partial charge in [0.2, 0.25) is 0 Å². The fourth-order valence-corrected chi connectivity index (χ4v) is 14.4. The van der Waals surface area contributed by atoms with Crippen molar-refractivity contribution in [3.8, 4) is 5.75 Å². The molecule has 1 nitrogen and oxygen atoms in total. The molecule has 1 unspecified atom stereocenters. The van der Waals surface area contributed by atoms with Gasteiger partial charge in [0.25, 0.3) is 0 Å². The van der Waals surface area contributed by atoms with Crippen molar-refractivity contribution in [2.45, 2.75) is 78.0 Å². The summed E-state index contributed by atoms with van der Waals surface area (Å²) in [5.41, 5.74) is 4.31. The van der Waals surface area contributed by atoms with Crippen LogP contribution in [0.4, 0.5) is 0 Å². The van der Waals surface area contributed by atoms with Crippen LogP contribution in [0, 0.1) is 13.8 Å². The lowest BCUT2D eigenvalue weighted by Crippen LogP contribution is -2.54. The zero-order valence-corrected chi connectivity index (χ0v) is 26.2. The van der Waals surface area contributed by atoms with Gasteiger partial charge in [-0.05, 0) is 53.0 Å². The summed E-state index contributed by atoms with van der Waals surface area (Å²) in [5.74, 6) is 1.16. The fraction of sp³-hybridized carbons (Fsp3) is 0.448. The van der Waals surface area contributed by atoms with E-state index in [1.165, 1.54) is 41.7 Å². The number of hydrogen-bond donors (Lipinski definition) is 0. The molecule has 0 N–H and O–H groups in total. The molecular formula is C29H40OS2Si2. The summed E-state index contributed by atoms with van der Waals surface area (Å²) < 4.78 is 6.64. The summed E-state index contributed by atoms with van der Waals surface area (Å²) in [6.07, 6.45) is 4.37. The lowest BCUT2D eigenvalue weighted by molar-refractivity contribution is 0.368. The van der Waals surface area contributed by atoms with E-state index in [4.69, 9.17) is 4.74 Å². The van der Waals surface area contributed by atoms with E-state index in [1.54, 1.807) is 5.20 Å². The molecule has 0 saturated carbocycles. The van der Waals surface area contributed by atoms with Crippen LogP contribution in [0.15, 0.2) is 41.8 Å². The first-order chi connectivity index (χ1) is 15.7. The van der Waals surface area contributed by atoms with E-state index in [9.17, 15) is 0 Å². The third-order valence-electron chi connectivity index (χ3n) is 7.97. The van der Waals surface area contributed by atoms with E-state index >= 15 is 0 Å². The van der Waals surface area contributed by atoms with E-state index in [1.807, 2.05) is 17.4 Å². The van der Waals surface area contributed by atoms with Gasteiger partial charge in [0.05, 0.1) is 8.07 Å². The van der Waals surface area contributed by atoms with Crippen molar-refractivity contribution in [2.75, 3.05) is 6.61 Å². The Morgan fingerprint density at radius 1 is 1.06 bits per heavy atom. The normalized spacial score (nSPS) is 18.2. The molecule has 34 heavy (non-hydrogen) atoms. The number of thiophene rings is 1. The number of fused-ring (bicyclic) bond motifs is 3. The van der Waals surface area contributed by atoms with Gasteiger partial charge in [-0.25, -0.2) is 0 Å². The zero-order valence-electron chi connectivity index (χ0n) is 22.6. The van der Waals surface area contributed by atoms with Gasteiger partial charge in [-0.1, -0.05) is 83.4 Å². The Labute approximate surface area is 217 Å². The molecule has 5 heteroatoms. The van der Waals surface area contributed by atoms with Gasteiger partial charge in [-0.15, -0.1) is 23.1 Å². The molecule has 2 heterocycles. The molecule has 0 spiro atoms. The Bertz CT molecular complexity index is 1220. The average molecular weight is 525 g/mol. The molecule has 0 fully saturated rings. The predicted octanol–water partition coefficient (Wildman–Crippen LogP) is 8.04. The third kappa shape index (κ3) is 4.06. The average Bonchev–Trinajstić information content (AvgIpc) is 3.34. The fourth-order valence-electron chi connectivity index (χ4n) is 5.11. The van der Waals surface area contributed by atoms with Crippen LogP contribution in [-0.2, 0) is 0 Å². The molecule has 1 aromatic heterocycles. The quantitative estimate of drug-likeness (QED) is 0.279. The van der Waals surface area contributed by atoms with E-state index in [0.29, 0.717) is 11.9 Å². The molecule has 2 aliphatic rings. The summed E-state index contributed by atoms with van der Waals surface area (Å²) in [5, 5.41) is 5.31. The van der Waals surface area contributed by atoms with E-state index in [-0.39, 0.29) is 5.04 Å². The van der Waals surface area contributed by atoms with Gasteiger partial charge >= 0.3 is 0 Å². The molecule has 1 aliphatic carbocycles. The predicted molar refractivity (Wildman–Crippen MR) is 162 cm³/mol. The van der Waals surface area contributed by atoms with Gasteiger partial charge in [0, 0.05) is 25.5 Å². The maximum absolute atomic E-state index is 6.64. The smallest absolute Gasteiger partial charge is 0.120 e. The van der Waals surface area contributed by atoms with Gasteiger partial charge in [0.15, 0.2) is 0 Å². The molecule has 1 aliphatic heterocycles. The molecular weight excluding hydrogens is 485 g/mol. The second kappa shape index (κ2) is 8.68. The number of hydrogen-bond acceptors (Lipinski definition) is 3. The SMILES string of the molecule is C=CCOc1c([Si](C)(C)C2=C3SC(C)C=C3c3cc(C)sc32)cc(C)cc1[Si](C)(C)C(C)(C)C. The number of aryl methyl sites for hydroxylation is 2. The van der Waals surface area contributed by atoms with E-state index in [2.05, 4.69) is 110 Å². The van der Waals surface area contributed by atoms with Gasteiger partial charge in [0.1, 0.15) is 20.4 Å². The first kappa shape index (κ1) is 25.8. The highest BCUT2D eigenvalue weighted by Crippen LogP contribution is 2.57. The molecule has 0 saturated heterocycles. The maximum Gasteiger partial charge on any atom is 0.120 e. The summed E-state index contributed by atoms with van der Waals surface area (Å²) >= 11 is 4.04. The van der Waals surface area contributed by atoms with Crippen LogP contribution in [0.2, 0.25) is 31.2 Å². The maximum atomic E-state index is 6.64. The van der Waals surface area contributed by atoms with Crippen LogP contribution in [0.1, 0.15) is 48.6 Å². The topological polar surface area (TPSA) is 9.23 Å². The highest BCUT2D eigenvalue weighted by molar-refractivity contribution is 8.05. The number of ether oxygens (including phenoxy) is 1. The number of benzene rings is 1. The summed E-state index contributed by atoms with van der Waals surface area (Å²) in [6.45, 7) is 28.7. The number of rotatable bonds is 6. The molecule has 0 bridgehead atoms. The number of thioether (sulfide) groups is 1. The third-order valence-corrected chi connectivity index (χ3v) is 19.5. The first-order valence-electron chi connectivity index (χ1n) is 12.3. The molecule has 0 amide bonds. The molecule has 1 aromatic carbocycles. The highest BCUT2D eigenvalue weighted by Gasteiger charge is 2.46. The zero-order chi connectivity index (χ0) is 25.2. The van der Waals surface area contributed by atoms with Gasteiger partial charge in [-0.2, -0.15) is 0 Å². The molecule has 2 aromatic rings. The lowest BCUT2D eigenvalue weighted by atomic mass is 10.1. The highest BCUT2D eigenvalue weighted by atomic mass is 32.2. The van der Waals surface area contributed by atoms with Crippen LogP contribution in [0.5, 0.6) is 5.75 Å². The Morgan fingerprint density at radius 3 is 2.32 bits per heavy atom. The van der Waals surface area contributed by atoms with Crippen LogP contribution in [-0.4, -0.2) is 28.0 Å². The van der Waals surface area contributed by atoms with E-state index in [0.717, 1.165) is 5.75 Å². The van der Waals surface area contributed by atoms with Crippen LogP contribution >= 0.6 is 23.1 Å². The van der Waals surface area contributed by atoms with Crippen molar-refractivity contribution in [3.63, 3.8) is 0 Å². The minimum atomic E-state index is -2.10. The summed E-state index contributed by atoms with van der Waals surface area (Å²) in [6, 6.07) is 7.28. The van der Waals surface area contributed by atoms with Crippen LogP contribution < -0.4 is 15.1 Å².